The Morgan fingerprint density at radius 1 is 1.29 bits per heavy atom. The summed E-state index contributed by atoms with van der Waals surface area (Å²) in [6, 6.07) is 5.59. The molecule has 0 fully saturated rings. The molecule has 3 rings (SSSR count). The van der Waals surface area contributed by atoms with Crippen molar-refractivity contribution in [3.63, 3.8) is 0 Å². The quantitative estimate of drug-likeness (QED) is 0.566. The van der Waals surface area contributed by atoms with E-state index in [1.807, 2.05) is 0 Å². The number of aromatic carboxylic acids is 1. The first-order valence-electron chi connectivity index (χ1n) is 7.98. The molecule has 0 aliphatic heterocycles. The fourth-order valence-electron chi connectivity index (χ4n) is 2.63. The van der Waals surface area contributed by atoms with Crippen molar-refractivity contribution in [1.29, 1.82) is 0 Å². The first-order valence-corrected chi connectivity index (χ1v) is 7.98. The highest BCUT2D eigenvalue weighted by Crippen LogP contribution is 2.30. The second-order valence-corrected chi connectivity index (χ2v) is 5.73. The van der Waals surface area contributed by atoms with E-state index in [0.29, 0.717) is 5.69 Å². The van der Waals surface area contributed by atoms with Crippen LogP contribution in [0.5, 0.6) is 0 Å². The minimum absolute atomic E-state index is 0.00337. The summed E-state index contributed by atoms with van der Waals surface area (Å²) in [5.74, 6) is -1.96. The van der Waals surface area contributed by atoms with E-state index in [-0.39, 0.29) is 40.1 Å². The van der Waals surface area contributed by atoms with Crippen molar-refractivity contribution < 1.29 is 28.6 Å². The molecular formula is C18H16N4O6. The largest absolute Gasteiger partial charge is 0.478 e. The zero-order chi connectivity index (χ0) is 20.4. The van der Waals surface area contributed by atoms with Gasteiger partial charge in [0.05, 0.1) is 30.3 Å². The number of nitrogens with one attached hydrogen (secondary N) is 1. The number of esters is 1. The topological polar surface area (TPSA) is 150 Å². The van der Waals surface area contributed by atoms with Gasteiger partial charge >= 0.3 is 11.9 Å². The number of rotatable bonds is 5. The number of anilines is 2. The summed E-state index contributed by atoms with van der Waals surface area (Å²) in [6.07, 6.45) is 2.78. The number of ether oxygens (including phenoxy) is 1. The molecule has 3 aromatic rings. The van der Waals surface area contributed by atoms with Crippen LogP contribution in [0.3, 0.4) is 0 Å². The molecule has 144 valence electrons. The van der Waals surface area contributed by atoms with E-state index in [1.54, 1.807) is 0 Å². The van der Waals surface area contributed by atoms with Gasteiger partial charge in [0.15, 0.2) is 5.76 Å². The van der Waals surface area contributed by atoms with Crippen LogP contribution in [0.1, 0.15) is 27.6 Å². The number of carbonyl (C=O) groups excluding carboxylic acids is 2. The number of benzene rings is 1. The van der Waals surface area contributed by atoms with Gasteiger partial charge in [-0.3, -0.25) is 9.36 Å². The van der Waals surface area contributed by atoms with Crippen LogP contribution >= 0.6 is 0 Å². The second-order valence-electron chi connectivity index (χ2n) is 5.73. The number of carboxylic acids is 1. The number of imidazole rings is 1. The van der Waals surface area contributed by atoms with Gasteiger partial charge in [0, 0.05) is 13.1 Å². The first kappa shape index (κ1) is 18.7. The molecule has 1 aromatic carbocycles. The lowest BCUT2D eigenvalue weighted by Crippen LogP contribution is -2.11. The van der Waals surface area contributed by atoms with Gasteiger partial charge in [0.25, 0.3) is 0 Å². The lowest BCUT2D eigenvalue weighted by molar-refractivity contribution is -0.114. The molecule has 0 unspecified atom stereocenters. The van der Waals surface area contributed by atoms with Crippen molar-refractivity contribution in [1.82, 2.24) is 9.55 Å². The minimum atomic E-state index is -1.14. The van der Waals surface area contributed by atoms with Gasteiger partial charge < -0.3 is 25.3 Å². The molecule has 2 aromatic heterocycles. The van der Waals surface area contributed by atoms with Gasteiger partial charge in [0.1, 0.15) is 11.3 Å². The number of aromatic nitrogens is 2. The molecule has 0 bridgehead atoms. The van der Waals surface area contributed by atoms with E-state index in [2.05, 4.69) is 10.3 Å². The third-order valence-electron chi connectivity index (χ3n) is 3.85. The number of hydrogen-bond acceptors (Lipinski definition) is 7. The monoisotopic (exact) mass is 384 g/mol. The summed E-state index contributed by atoms with van der Waals surface area (Å²) in [6.45, 7) is 1.32. The highest BCUT2D eigenvalue weighted by molar-refractivity contribution is 5.96. The smallest absolute Gasteiger partial charge is 0.341 e. The van der Waals surface area contributed by atoms with Gasteiger partial charge in [-0.2, -0.15) is 0 Å². The molecule has 10 heteroatoms. The highest BCUT2D eigenvalue weighted by Gasteiger charge is 2.21. The molecule has 0 saturated carbocycles. The van der Waals surface area contributed by atoms with Crippen molar-refractivity contribution in [2.24, 2.45) is 0 Å². The Morgan fingerprint density at radius 3 is 2.68 bits per heavy atom. The molecule has 0 saturated heterocycles. The summed E-state index contributed by atoms with van der Waals surface area (Å²) in [5, 5.41) is 11.9. The van der Waals surface area contributed by atoms with Crippen LogP contribution in [-0.4, -0.2) is 39.6 Å². The summed E-state index contributed by atoms with van der Waals surface area (Å²) >= 11 is 0. The average Bonchev–Trinajstić information content (AvgIpc) is 3.27. The third-order valence-corrected chi connectivity index (χ3v) is 3.85. The molecule has 0 aliphatic carbocycles. The Bertz CT molecular complexity index is 1080. The van der Waals surface area contributed by atoms with Crippen molar-refractivity contribution in [3.8, 4) is 17.1 Å². The number of nitrogens with zero attached hydrogens (tertiary/aromatic N) is 2. The fourth-order valence-corrected chi connectivity index (χ4v) is 2.63. The summed E-state index contributed by atoms with van der Waals surface area (Å²) in [5.41, 5.74) is 7.01. The van der Waals surface area contributed by atoms with Crippen molar-refractivity contribution in [3.05, 3.63) is 47.9 Å². The minimum Gasteiger partial charge on any atom is -0.478 e. The predicted molar refractivity (Wildman–Crippen MR) is 98.3 cm³/mol. The second kappa shape index (κ2) is 7.27. The Balaban J connectivity index is 2.14. The maximum atomic E-state index is 11.9. The molecule has 1 amide bonds. The Morgan fingerprint density at radius 2 is 2.04 bits per heavy atom. The zero-order valence-electron chi connectivity index (χ0n) is 14.9. The van der Waals surface area contributed by atoms with Crippen molar-refractivity contribution in [2.75, 3.05) is 18.2 Å². The molecule has 10 nitrogen and oxygen atoms in total. The van der Waals surface area contributed by atoms with Crippen LogP contribution in [0, 0.1) is 0 Å². The van der Waals surface area contributed by atoms with Crippen LogP contribution in [0.2, 0.25) is 0 Å². The van der Waals surface area contributed by atoms with Crippen molar-refractivity contribution >= 4 is 29.5 Å². The number of carboxylic acid groups (broad SMARTS) is 1. The van der Waals surface area contributed by atoms with E-state index in [1.165, 1.54) is 55.3 Å². The molecule has 4 N–H and O–H groups in total. The Labute approximate surface area is 158 Å². The van der Waals surface area contributed by atoms with E-state index in [0.717, 1.165) is 0 Å². The molecule has 0 spiro atoms. The molecular weight excluding hydrogens is 368 g/mol. The average molecular weight is 384 g/mol. The van der Waals surface area contributed by atoms with E-state index < -0.39 is 11.9 Å². The van der Waals surface area contributed by atoms with E-state index >= 15 is 0 Å². The van der Waals surface area contributed by atoms with Gasteiger partial charge in [-0.25, -0.2) is 14.6 Å². The fraction of sp³-hybridized carbons (Fsp3) is 0.111. The maximum absolute atomic E-state index is 11.9. The van der Waals surface area contributed by atoms with Crippen LogP contribution in [-0.2, 0) is 9.53 Å². The highest BCUT2D eigenvalue weighted by atomic mass is 16.5. The predicted octanol–water partition coefficient (Wildman–Crippen LogP) is 2.16. The molecule has 2 heterocycles. The molecule has 28 heavy (non-hydrogen) atoms. The number of hydrogen-bond donors (Lipinski definition) is 3. The third kappa shape index (κ3) is 3.43. The number of methoxy groups -OCH3 is 1. The normalized spacial score (nSPS) is 10.5. The van der Waals surface area contributed by atoms with Crippen LogP contribution < -0.4 is 11.1 Å². The Kier molecular flexibility index (Phi) is 4.86. The summed E-state index contributed by atoms with van der Waals surface area (Å²) in [4.78, 5) is 38.9. The zero-order valence-corrected chi connectivity index (χ0v) is 14.9. The lowest BCUT2D eigenvalue weighted by Gasteiger charge is -2.12. The van der Waals surface area contributed by atoms with Gasteiger partial charge in [-0.05, 0) is 24.3 Å². The van der Waals surface area contributed by atoms with Crippen LogP contribution in [0.4, 0.5) is 11.6 Å². The number of amides is 1. The van der Waals surface area contributed by atoms with Gasteiger partial charge in [0.2, 0.25) is 11.9 Å². The lowest BCUT2D eigenvalue weighted by atomic mass is 10.1. The maximum Gasteiger partial charge on any atom is 0.341 e. The molecule has 0 radical (unpaired) electrons. The van der Waals surface area contributed by atoms with Crippen LogP contribution in [0.25, 0.3) is 17.1 Å². The number of carbonyl (C=O) groups is 3. The number of nitrogens with two attached hydrogens (primary N) is 1. The summed E-state index contributed by atoms with van der Waals surface area (Å²) < 4.78 is 11.4. The first-order chi connectivity index (χ1) is 13.3. The van der Waals surface area contributed by atoms with Crippen LogP contribution in [0.15, 0.2) is 41.1 Å². The van der Waals surface area contributed by atoms with Crippen molar-refractivity contribution in [2.45, 2.75) is 6.92 Å². The summed E-state index contributed by atoms with van der Waals surface area (Å²) in [7, 11) is 1.24. The van der Waals surface area contributed by atoms with E-state index in [9.17, 15) is 19.5 Å². The number of nitrogen functional groups attached to an aromatic ring is 1. The Hall–Kier alpha value is -4.08. The van der Waals surface area contributed by atoms with E-state index in [4.69, 9.17) is 14.9 Å². The van der Waals surface area contributed by atoms with Gasteiger partial charge in [-0.1, -0.05) is 0 Å². The SMILES string of the molecule is COC(=O)c1ccoc1-c1cn(-c2cc(C(=O)O)ccc2NC(C)=O)c(N)n1. The molecule has 0 aliphatic rings. The molecule has 0 atom stereocenters. The standard InChI is InChI=1S/C18H16N4O6/c1-9(23)20-12-4-3-10(16(24)25)7-14(12)22-8-13(21-18(22)19)15-11(5-6-28-15)17(26)27-2/h3-8H,1-2H3,(H2,19,21)(H,20,23)(H,24,25). The van der Waals surface area contributed by atoms with Gasteiger partial charge in [-0.15, -0.1) is 0 Å². The number of furan rings is 1.